The Bertz CT molecular complexity index is 1320. The van der Waals surface area contributed by atoms with Crippen molar-refractivity contribution in [2.75, 3.05) is 5.32 Å². The Labute approximate surface area is 159 Å². The summed E-state index contributed by atoms with van der Waals surface area (Å²) in [5.41, 5.74) is 2.05. The van der Waals surface area contributed by atoms with Gasteiger partial charge in [0.1, 0.15) is 11.1 Å². The van der Waals surface area contributed by atoms with Crippen LogP contribution in [-0.2, 0) is 5.54 Å². The van der Waals surface area contributed by atoms with Crippen molar-refractivity contribution in [3.05, 3.63) is 98.7 Å². The summed E-state index contributed by atoms with van der Waals surface area (Å²) in [6.45, 7) is 1.91. The maximum Gasteiger partial charge on any atom is 0.342 e. The summed E-state index contributed by atoms with van der Waals surface area (Å²) >= 11 is 0. The molecule has 2 aromatic carbocycles. The van der Waals surface area contributed by atoms with E-state index in [1.54, 1.807) is 6.07 Å². The summed E-state index contributed by atoms with van der Waals surface area (Å²) in [5.74, 6) is 0. The van der Waals surface area contributed by atoms with Crippen molar-refractivity contribution in [3.8, 4) is 5.69 Å². The van der Waals surface area contributed by atoms with Crippen molar-refractivity contribution >= 4 is 22.3 Å². The molecule has 0 amide bonds. The molecule has 3 heterocycles. The number of nitro groups is 1. The molecule has 1 atom stereocenters. The van der Waals surface area contributed by atoms with Crippen molar-refractivity contribution in [3.63, 3.8) is 0 Å². The predicted molar refractivity (Wildman–Crippen MR) is 105 cm³/mol. The Morgan fingerprint density at radius 3 is 2.75 bits per heavy atom. The molecule has 0 saturated heterocycles. The van der Waals surface area contributed by atoms with E-state index >= 15 is 0 Å². The molecule has 7 heteroatoms. The van der Waals surface area contributed by atoms with E-state index in [1.807, 2.05) is 54.1 Å². The van der Waals surface area contributed by atoms with E-state index in [2.05, 4.69) is 5.32 Å². The quantitative estimate of drug-likeness (QED) is 0.323. The van der Waals surface area contributed by atoms with Gasteiger partial charge in [0.05, 0.1) is 27.6 Å². The van der Waals surface area contributed by atoms with Crippen LogP contribution >= 0.6 is 0 Å². The second-order valence-electron chi connectivity index (χ2n) is 6.96. The Kier molecular flexibility index (Phi) is 3.24. The van der Waals surface area contributed by atoms with Gasteiger partial charge in [0.2, 0.25) is 0 Å². The molecule has 1 N–H and O–H groups in total. The first kappa shape index (κ1) is 16.3. The van der Waals surface area contributed by atoms with Gasteiger partial charge in [0, 0.05) is 23.7 Å². The van der Waals surface area contributed by atoms with Gasteiger partial charge in [0.25, 0.3) is 5.69 Å². The fourth-order valence-corrected chi connectivity index (χ4v) is 3.90. The lowest BCUT2D eigenvalue weighted by Gasteiger charge is -2.37. The highest BCUT2D eigenvalue weighted by molar-refractivity contribution is 5.80. The summed E-state index contributed by atoms with van der Waals surface area (Å²) in [6, 6.07) is 17.6. The zero-order valence-corrected chi connectivity index (χ0v) is 14.9. The molecule has 28 heavy (non-hydrogen) atoms. The molecule has 2 aromatic heterocycles. The van der Waals surface area contributed by atoms with Crippen molar-refractivity contribution in [1.29, 1.82) is 0 Å². The average molecular weight is 373 g/mol. The molecular formula is C21H15N3O4. The van der Waals surface area contributed by atoms with Crippen LogP contribution in [0.3, 0.4) is 0 Å². The Balaban J connectivity index is 1.77. The fourth-order valence-electron chi connectivity index (χ4n) is 3.90. The first-order valence-corrected chi connectivity index (χ1v) is 8.75. The number of rotatable bonds is 2. The monoisotopic (exact) mass is 373 g/mol. The zero-order valence-electron chi connectivity index (χ0n) is 14.9. The minimum Gasteiger partial charge on any atom is -0.422 e. The number of aromatic nitrogens is 1. The number of nitro benzene ring substituents is 1. The molecule has 7 nitrogen and oxygen atoms in total. The molecule has 138 valence electrons. The van der Waals surface area contributed by atoms with Crippen LogP contribution in [0.15, 0.2) is 76.1 Å². The molecule has 0 bridgehead atoms. The third-order valence-electron chi connectivity index (χ3n) is 5.27. The number of fused-ring (bicyclic) bond motifs is 4. The van der Waals surface area contributed by atoms with Gasteiger partial charge < -0.3 is 14.3 Å². The zero-order chi connectivity index (χ0) is 19.5. The maximum atomic E-state index is 12.9. The Morgan fingerprint density at radius 2 is 1.93 bits per heavy atom. The predicted octanol–water partition coefficient (Wildman–Crippen LogP) is 4.18. The van der Waals surface area contributed by atoms with Crippen LogP contribution in [0.4, 0.5) is 11.4 Å². The van der Waals surface area contributed by atoms with Gasteiger partial charge in [-0.05, 0) is 43.3 Å². The van der Waals surface area contributed by atoms with Gasteiger partial charge >= 0.3 is 5.63 Å². The highest BCUT2D eigenvalue weighted by atomic mass is 16.6. The molecule has 1 aliphatic heterocycles. The lowest BCUT2D eigenvalue weighted by Crippen LogP contribution is -2.42. The van der Waals surface area contributed by atoms with Crippen LogP contribution in [0.25, 0.3) is 16.7 Å². The normalized spacial score (nSPS) is 17.6. The van der Waals surface area contributed by atoms with Gasteiger partial charge in [0.15, 0.2) is 0 Å². The number of anilines is 1. The van der Waals surface area contributed by atoms with Crippen molar-refractivity contribution in [2.24, 2.45) is 0 Å². The third-order valence-corrected chi connectivity index (χ3v) is 5.27. The molecule has 0 saturated carbocycles. The average Bonchev–Trinajstić information content (AvgIpc) is 3.18. The van der Waals surface area contributed by atoms with Crippen molar-refractivity contribution < 1.29 is 9.34 Å². The molecule has 0 radical (unpaired) electrons. The van der Waals surface area contributed by atoms with Crippen LogP contribution in [0, 0.1) is 10.1 Å². The SMILES string of the molecule is CC1(c2cc3cc([N+](=O)[O-])ccc3oc2=O)Nc2ccccc2-n2cccc21. The highest BCUT2D eigenvalue weighted by Gasteiger charge is 2.39. The van der Waals surface area contributed by atoms with Gasteiger partial charge in [-0.25, -0.2) is 4.79 Å². The molecule has 0 fully saturated rings. The molecule has 0 aliphatic carbocycles. The molecule has 4 aromatic rings. The summed E-state index contributed by atoms with van der Waals surface area (Å²) in [5, 5.41) is 15.1. The highest BCUT2D eigenvalue weighted by Crippen LogP contribution is 2.40. The van der Waals surface area contributed by atoms with Crippen LogP contribution < -0.4 is 10.9 Å². The lowest BCUT2D eigenvalue weighted by molar-refractivity contribution is -0.384. The fraction of sp³-hybridized carbons (Fsp3) is 0.0952. The first-order chi connectivity index (χ1) is 13.5. The number of hydrogen-bond acceptors (Lipinski definition) is 5. The van der Waals surface area contributed by atoms with E-state index in [-0.39, 0.29) is 5.69 Å². The number of nitrogens with zero attached hydrogens (tertiary/aromatic N) is 2. The molecule has 0 spiro atoms. The summed E-state index contributed by atoms with van der Waals surface area (Å²) < 4.78 is 7.53. The summed E-state index contributed by atoms with van der Waals surface area (Å²) in [6.07, 6.45) is 1.95. The number of benzene rings is 2. The molecule has 1 aliphatic rings. The second-order valence-corrected chi connectivity index (χ2v) is 6.96. The van der Waals surface area contributed by atoms with E-state index in [4.69, 9.17) is 4.42 Å². The van der Waals surface area contributed by atoms with Crippen molar-refractivity contribution in [2.45, 2.75) is 12.5 Å². The molecule has 1 unspecified atom stereocenters. The largest absolute Gasteiger partial charge is 0.422 e. The Morgan fingerprint density at radius 1 is 1.11 bits per heavy atom. The maximum absolute atomic E-state index is 12.9. The lowest BCUT2D eigenvalue weighted by atomic mass is 9.86. The van der Waals surface area contributed by atoms with Crippen molar-refractivity contribution in [1.82, 2.24) is 4.57 Å². The van der Waals surface area contributed by atoms with E-state index in [1.165, 1.54) is 18.2 Å². The van der Waals surface area contributed by atoms with Gasteiger partial charge in [-0.3, -0.25) is 10.1 Å². The summed E-state index contributed by atoms with van der Waals surface area (Å²) in [4.78, 5) is 23.5. The third kappa shape index (κ3) is 2.19. The smallest absolute Gasteiger partial charge is 0.342 e. The van der Waals surface area contributed by atoms with Crippen LogP contribution in [0.2, 0.25) is 0 Å². The van der Waals surface area contributed by atoms with Crippen LogP contribution in [0.5, 0.6) is 0 Å². The van der Waals surface area contributed by atoms with Crippen LogP contribution in [-0.4, -0.2) is 9.49 Å². The van der Waals surface area contributed by atoms with Gasteiger partial charge in [-0.2, -0.15) is 0 Å². The first-order valence-electron chi connectivity index (χ1n) is 8.75. The number of hydrogen-bond donors (Lipinski definition) is 1. The molecule has 5 rings (SSSR count). The number of nitrogens with one attached hydrogen (secondary N) is 1. The standard InChI is InChI=1S/C21H15N3O4/c1-21(19-7-4-10-23(19)17-6-3-2-5-16(17)22-21)15-12-13-11-14(24(26)27)8-9-18(13)28-20(15)25/h2-12,22H,1H3. The summed E-state index contributed by atoms with van der Waals surface area (Å²) in [7, 11) is 0. The minimum absolute atomic E-state index is 0.0530. The van der Waals surface area contributed by atoms with E-state index < -0.39 is 16.1 Å². The van der Waals surface area contributed by atoms with E-state index in [9.17, 15) is 14.9 Å². The number of para-hydroxylation sites is 2. The van der Waals surface area contributed by atoms with Gasteiger partial charge in [-0.15, -0.1) is 0 Å². The number of non-ortho nitro benzene ring substituents is 1. The van der Waals surface area contributed by atoms with E-state index in [0.29, 0.717) is 16.5 Å². The topological polar surface area (TPSA) is 90.3 Å². The van der Waals surface area contributed by atoms with Crippen LogP contribution in [0.1, 0.15) is 18.2 Å². The van der Waals surface area contributed by atoms with Gasteiger partial charge in [-0.1, -0.05) is 12.1 Å². The van der Waals surface area contributed by atoms with E-state index in [0.717, 1.165) is 17.1 Å². The second kappa shape index (κ2) is 5.56. The molecular weight excluding hydrogens is 358 g/mol. The minimum atomic E-state index is -0.864. The Hall–Kier alpha value is -3.87.